The first-order valence-corrected chi connectivity index (χ1v) is 16.0. The van der Waals surface area contributed by atoms with Crippen LogP contribution in [0.3, 0.4) is 0 Å². The lowest BCUT2D eigenvalue weighted by Gasteiger charge is -2.26. The molecule has 0 saturated heterocycles. The number of hydrogen-bond acceptors (Lipinski definition) is 7. The standard InChI is InChI=1S/C36H35ClN2O5S/c1-6-10-26-19-25(15-18-29(26)43-21-24-13-16-27(37)17-14-24)20-31-34(40)39-33(28-11-8-9-12-30(28)44-22(3)4)32(35(41)42-7-2)23(5)38-36(39)45-31/h6,8-9,11-20,22,33H,1,7,10,21H2,2-5H3/b31-20+/t33-/m0/s1. The van der Waals surface area contributed by atoms with Crippen molar-refractivity contribution in [3.8, 4) is 11.5 Å². The molecule has 0 unspecified atom stereocenters. The van der Waals surface area contributed by atoms with Gasteiger partial charge in [-0.15, -0.1) is 6.58 Å². The Hall–Kier alpha value is -4.40. The molecule has 1 aliphatic rings. The number of aromatic nitrogens is 1. The Kier molecular flexibility index (Phi) is 10.1. The summed E-state index contributed by atoms with van der Waals surface area (Å²) in [5.41, 5.74) is 4.02. The van der Waals surface area contributed by atoms with Crippen molar-refractivity contribution in [2.75, 3.05) is 6.61 Å². The Balaban J connectivity index is 1.58. The lowest BCUT2D eigenvalue weighted by Crippen LogP contribution is -2.40. The molecule has 1 atom stereocenters. The predicted molar refractivity (Wildman–Crippen MR) is 179 cm³/mol. The zero-order valence-electron chi connectivity index (χ0n) is 25.7. The Morgan fingerprint density at radius 2 is 1.87 bits per heavy atom. The number of benzene rings is 3. The van der Waals surface area contributed by atoms with Crippen molar-refractivity contribution >= 4 is 35.0 Å². The number of allylic oxidation sites excluding steroid dienone is 2. The van der Waals surface area contributed by atoms with Gasteiger partial charge in [0.2, 0.25) is 0 Å². The molecule has 232 valence electrons. The van der Waals surface area contributed by atoms with E-state index in [1.165, 1.54) is 11.3 Å². The molecular formula is C36H35ClN2O5S. The lowest BCUT2D eigenvalue weighted by molar-refractivity contribution is -0.139. The molecule has 0 amide bonds. The molecule has 7 nitrogen and oxygen atoms in total. The number of hydrogen-bond donors (Lipinski definition) is 0. The average molecular weight is 643 g/mol. The van der Waals surface area contributed by atoms with E-state index in [0.717, 1.165) is 22.4 Å². The van der Waals surface area contributed by atoms with Crippen LogP contribution < -0.4 is 24.4 Å². The first-order valence-electron chi connectivity index (χ1n) is 14.8. The summed E-state index contributed by atoms with van der Waals surface area (Å²) in [6.07, 6.45) is 4.14. The van der Waals surface area contributed by atoms with Crippen LogP contribution in [-0.4, -0.2) is 23.2 Å². The number of carbonyl (C=O) groups is 1. The fourth-order valence-corrected chi connectivity index (χ4v) is 6.36. The van der Waals surface area contributed by atoms with Crippen molar-refractivity contribution < 1.29 is 19.0 Å². The predicted octanol–water partition coefficient (Wildman–Crippen LogP) is 6.55. The van der Waals surface area contributed by atoms with Gasteiger partial charge in [0.15, 0.2) is 4.80 Å². The van der Waals surface area contributed by atoms with E-state index in [0.29, 0.717) is 50.0 Å². The monoisotopic (exact) mass is 642 g/mol. The summed E-state index contributed by atoms with van der Waals surface area (Å²) >= 11 is 7.29. The number of fused-ring (bicyclic) bond motifs is 1. The van der Waals surface area contributed by atoms with Gasteiger partial charge in [-0.3, -0.25) is 9.36 Å². The molecule has 0 saturated carbocycles. The highest BCUT2D eigenvalue weighted by Gasteiger charge is 2.35. The number of carbonyl (C=O) groups excluding carboxylic acids is 1. The van der Waals surface area contributed by atoms with E-state index in [-0.39, 0.29) is 18.3 Å². The molecule has 9 heteroatoms. The van der Waals surface area contributed by atoms with E-state index < -0.39 is 12.0 Å². The fraction of sp³-hybridized carbons (Fsp3) is 0.250. The molecule has 5 rings (SSSR count). The van der Waals surface area contributed by atoms with Crippen molar-refractivity contribution in [2.24, 2.45) is 4.99 Å². The molecule has 4 aromatic rings. The van der Waals surface area contributed by atoms with Crippen molar-refractivity contribution in [2.45, 2.75) is 52.9 Å². The van der Waals surface area contributed by atoms with Crippen LogP contribution in [0.2, 0.25) is 5.02 Å². The number of ether oxygens (including phenoxy) is 3. The Labute approximate surface area is 271 Å². The zero-order valence-corrected chi connectivity index (χ0v) is 27.3. The van der Waals surface area contributed by atoms with Crippen LogP contribution in [0, 0.1) is 0 Å². The topological polar surface area (TPSA) is 79.1 Å². The highest BCUT2D eigenvalue weighted by atomic mass is 35.5. The third kappa shape index (κ3) is 7.13. The maximum absolute atomic E-state index is 14.1. The highest BCUT2D eigenvalue weighted by Crippen LogP contribution is 2.36. The molecular weight excluding hydrogens is 608 g/mol. The second-order valence-electron chi connectivity index (χ2n) is 10.8. The van der Waals surface area contributed by atoms with Crippen molar-refractivity contribution in [3.05, 3.63) is 138 Å². The molecule has 0 spiro atoms. The minimum atomic E-state index is -0.766. The van der Waals surface area contributed by atoms with Gasteiger partial charge in [-0.2, -0.15) is 0 Å². The molecule has 0 aliphatic carbocycles. The van der Waals surface area contributed by atoms with Gasteiger partial charge in [0.05, 0.1) is 28.5 Å². The van der Waals surface area contributed by atoms with E-state index >= 15 is 0 Å². The molecule has 0 bridgehead atoms. The quantitative estimate of drug-likeness (QED) is 0.137. The summed E-state index contributed by atoms with van der Waals surface area (Å²) in [4.78, 5) is 32.6. The molecule has 45 heavy (non-hydrogen) atoms. The third-order valence-corrected chi connectivity index (χ3v) is 8.38. The van der Waals surface area contributed by atoms with Crippen LogP contribution in [0.5, 0.6) is 11.5 Å². The molecule has 1 aromatic heterocycles. The minimum Gasteiger partial charge on any atom is -0.491 e. The van der Waals surface area contributed by atoms with Gasteiger partial charge < -0.3 is 14.2 Å². The molecule has 0 radical (unpaired) electrons. The number of para-hydroxylation sites is 1. The van der Waals surface area contributed by atoms with E-state index in [4.69, 9.17) is 30.8 Å². The summed E-state index contributed by atoms with van der Waals surface area (Å²) in [5.74, 6) is 0.812. The summed E-state index contributed by atoms with van der Waals surface area (Å²) in [6.45, 7) is 11.9. The van der Waals surface area contributed by atoms with E-state index in [2.05, 4.69) is 6.58 Å². The van der Waals surface area contributed by atoms with Crippen LogP contribution in [0.25, 0.3) is 6.08 Å². The SMILES string of the molecule is C=CCc1cc(/C=c2/sc3n(c2=O)[C@@H](c2ccccc2OC(C)C)C(C(=O)OCC)=C(C)N=3)ccc1OCc1ccc(Cl)cc1. The average Bonchev–Trinajstić information content (AvgIpc) is 3.31. The second-order valence-corrected chi connectivity index (χ2v) is 12.2. The Morgan fingerprint density at radius 3 is 2.58 bits per heavy atom. The number of nitrogens with zero attached hydrogens (tertiary/aromatic N) is 2. The van der Waals surface area contributed by atoms with Crippen LogP contribution in [0.1, 0.15) is 56.0 Å². The summed E-state index contributed by atoms with van der Waals surface area (Å²) in [7, 11) is 0. The minimum absolute atomic E-state index is 0.110. The first-order chi connectivity index (χ1) is 21.7. The number of thiazole rings is 1. The molecule has 0 fully saturated rings. The van der Waals surface area contributed by atoms with Gasteiger partial charge in [0.25, 0.3) is 5.56 Å². The van der Waals surface area contributed by atoms with Crippen molar-refractivity contribution in [3.63, 3.8) is 0 Å². The number of halogens is 1. The summed E-state index contributed by atoms with van der Waals surface area (Å²) < 4.78 is 19.8. The smallest absolute Gasteiger partial charge is 0.338 e. The van der Waals surface area contributed by atoms with Crippen LogP contribution in [0.4, 0.5) is 0 Å². The van der Waals surface area contributed by atoms with Gasteiger partial charge in [0.1, 0.15) is 24.1 Å². The molecule has 2 heterocycles. The van der Waals surface area contributed by atoms with Crippen LogP contribution >= 0.6 is 22.9 Å². The van der Waals surface area contributed by atoms with Crippen LogP contribution in [0.15, 0.2) is 100 Å². The number of rotatable bonds is 11. The molecule has 0 N–H and O–H groups in total. The van der Waals surface area contributed by atoms with Gasteiger partial charge in [0, 0.05) is 10.6 Å². The van der Waals surface area contributed by atoms with Gasteiger partial charge in [-0.05, 0) is 87.2 Å². The normalized spacial score (nSPS) is 14.6. The first kappa shape index (κ1) is 32.0. The van der Waals surface area contributed by atoms with Crippen molar-refractivity contribution in [1.82, 2.24) is 4.57 Å². The fourth-order valence-electron chi connectivity index (χ4n) is 5.19. The maximum atomic E-state index is 14.1. The van der Waals surface area contributed by atoms with E-state index in [1.807, 2.05) is 92.7 Å². The van der Waals surface area contributed by atoms with Gasteiger partial charge in [-0.25, -0.2) is 9.79 Å². The highest BCUT2D eigenvalue weighted by molar-refractivity contribution is 7.07. The molecule has 3 aromatic carbocycles. The van der Waals surface area contributed by atoms with E-state index in [9.17, 15) is 9.59 Å². The van der Waals surface area contributed by atoms with E-state index in [1.54, 1.807) is 18.4 Å². The zero-order chi connectivity index (χ0) is 32.1. The van der Waals surface area contributed by atoms with Crippen LogP contribution in [-0.2, 0) is 22.6 Å². The van der Waals surface area contributed by atoms with Gasteiger partial charge >= 0.3 is 5.97 Å². The third-order valence-electron chi connectivity index (χ3n) is 7.15. The Morgan fingerprint density at radius 1 is 1.11 bits per heavy atom. The molecule has 1 aliphatic heterocycles. The van der Waals surface area contributed by atoms with Gasteiger partial charge in [-0.1, -0.05) is 65.4 Å². The number of esters is 1. The van der Waals surface area contributed by atoms with Crippen molar-refractivity contribution in [1.29, 1.82) is 0 Å². The lowest BCUT2D eigenvalue weighted by atomic mass is 9.95. The maximum Gasteiger partial charge on any atom is 0.338 e. The largest absolute Gasteiger partial charge is 0.491 e. The Bertz CT molecular complexity index is 1940. The summed E-state index contributed by atoms with van der Waals surface area (Å²) in [6, 6.07) is 20.0. The summed E-state index contributed by atoms with van der Waals surface area (Å²) in [5, 5.41) is 0.674. The second kappa shape index (κ2) is 14.1.